The Morgan fingerprint density at radius 2 is 1.76 bits per heavy atom. The van der Waals surface area contributed by atoms with Crippen molar-refractivity contribution in [2.75, 3.05) is 18.8 Å². The summed E-state index contributed by atoms with van der Waals surface area (Å²) in [4.78, 5) is 25.7. The number of nitrogens with zero attached hydrogens (tertiary/aromatic N) is 1. The summed E-state index contributed by atoms with van der Waals surface area (Å²) in [6.07, 6.45) is 0.998. The molecule has 0 aliphatic heterocycles. The van der Waals surface area contributed by atoms with Gasteiger partial charge in [-0.05, 0) is 44.9 Å². The Morgan fingerprint density at radius 3 is 2.29 bits per heavy atom. The van der Waals surface area contributed by atoms with E-state index >= 15 is 0 Å². The summed E-state index contributed by atoms with van der Waals surface area (Å²) in [6.45, 7) is 6.89. The Morgan fingerprint density at radius 1 is 1.19 bits per heavy atom. The first-order chi connectivity index (χ1) is 9.97. The fourth-order valence-electron chi connectivity index (χ4n) is 2.13. The number of aryl methyl sites for hydroxylation is 1. The average molecular weight is 291 g/mol. The Balaban J connectivity index is 2.42. The van der Waals surface area contributed by atoms with Crippen LogP contribution in [0, 0.1) is 0 Å². The summed E-state index contributed by atoms with van der Waals surface area (Å²) in [5.41, 5.74) is 7.38. The number of benzene rings is 1. The summed E-state index contributed by atoms with van der Waals surface area (Å²) >= 11 is 0. The number of hydrogen-bond acceptors (Lipinski definition) is 3. The third-order valence-electron chi connectivity index (χ3n) is 3.44. The number of carbonyl (C=O) groups is 2. The third kappa shape index (κ3) is 5.45. The normalized spacial score (nSPS) is 11.8. The number of nitrogen functional groups attached to an aromatic ring is 1. The van der Waals surface area contributed by atoms with Gasteiger partial charge in [0.1, 0.15) is 6.04 Å². The summed E-state index contributed by atoms with van der Waals surface area (Å²) in [6, 6.07) is 6.98. The second-order valence-electron chi connectivity index (χ2n) is 5.04. The molecule has 5 nitrogen and oxygen atoms in total. The van der Waals surface area contributed by atoms with Gasteiger partial charge in [0.05, 0.1) is 0 Å². The van der Waals surface area contributed by atoms with Crippen LogP contribution in [0.25, 0.3) is 0 Å². The maximum absolute atomic E-state index is 12.0. The van der Waals surface area contributed by atoms with E-state index in [1.54, 1.807) is 11.8 Å². The molecule has 0 spiro atoms. The smallest absolute Gasteiger partial charge is 0.244 e. The molecule has 21 heavy (non-hydrogen) atoms. The van der Waals surface area contributed by atoms with Crippen molar-refractivity contribution in [1.29, 1.82) is 0 Å². The first-order valence-electron chi connectivity index (χ1n) is 7.40. The van der Waals surface area contributed by atoms with Crippen molar-refractivity contribution in [1.82, 2.24) is 10.2 Å². The molecule has 0 heterocycles. The van der Waals surface area contributed by atoms with Crippen LogP contribution in [0.1, 0.15) is 32.8 Å². The lowest BCUT2D eigenvalue weighted by Crippen LogP contribution is -2.46. The zero-order chi connectivity index (χ0) is 15.8. The fraction of sp³-hybridized carbons (Fsp3) is 0.500. The molecule has 0 saturated carbocycles. The SMILES string of the molecule is CCN(CC)C(=O)C(C)NC(=O)CCc1ccc(N)cc1. The van der Waals surface area contributed by atoms with Gasteiger partial charge in [-0.3, -0.25) is 9.59 Å². The predicted octanol–water partition coefficient (Wildman–Crippen LogP) is 1.57. The van der Waals surface area contributed by atoms with Gasteiger partial charge in [0.15, 0.2) is 0 Å². The van der Waals surface area contributed by atoms with Crippen molar-refractivity contribution in [3.63, 3.8) is 0 Å². The Bertz CT molecular complexity index is 467. The molecule has 2 amide bonds. The summed E-state index contributed by atoms with van der Waals surface area (Å²) in [5, 5.41) is 2.76. The van der Waals surface area contributed by atoms with E-state index in [1.165, 1.54) is 0 Å². The van der Waals surface area contributed by atoms with Crippen molar-refractivity contribution in [2.24, 2.45) is 0 Å². The number of amides is 2. The van der Waals surface area contributed by atoms with E-state index in [2.05, 4.69) is 5.32 Å². The molecule has 0 saturated heterocycles. The van der Waals surface area contributed by atoms with Crippen LogP contribution >= 0.6 is 0 Å². The average Bonchev–Trinajstić information content (AvgIpc) is 2.47. The van der Waals surface area contributed by atoms with Crippen LogP contribution in [0.3, 0.4) is 0 Å². The van der Waals surface area contributed by atoms with E-state index < -0.39 is 6.04 Å². The van der Waals surface area contributed by atoms with Gasteiger partial charge in [0.25, 0.3) is 0 Å². The molecule has 0 aliphatic carbocycles. The summed E-state index contributed by atoms with van der Waals surface area (Å²) < 4.78 is 0. The lowest BCUT2D eigenvalue weighted by atomic mass is 10.1. The molecular weight excluding hydrogens is 266 g/mol. The predicted molar refractivity (Wildman–Crippen MR) is 84.7 cm³/mol. The molecule has 0 fully saturated rings. The van der Waals surface area contributed by atoms with E-state index in [-0.39, 0.29) is 11.8 Å². The molecule has 5 heteroatoms. The number of hydrogen-bond donors (Lipinski definition) is 2. The highest BCUT2D eigenvalue weighted by Gasteiger charge is 2.19. The first kappa shape index (κ1) is 17.0. The van der Waals surface area contributed by atoms with Gasteiger partial charge >= 0.3 is 0 Å². The van der Waals surface area contributed by atoms with Crippen LogP contribution in [0.2, 0.25) is 0 Å². The van der Waals surface area contributed by atoms with Crippen LogP contribution in [-0.4, -0.2) is 35.8 Å². The van der Waals surface area contributed by atoms with Crippen molar-refractivity contribution in [3.05, 3.63) is 29.8 Å². The van der Waals surface area contributed by atoms with E-state index in [0.29, 0.717) is 31.6 Å². The number of likely N-dealkylation sites (N-methyl/N-ethyl adjacent to an activating group) is 1. The van der Waals surface area contributed by atoms with Gasteiger partial charge < -0.3 is 16.0 Å². The molecule has 0 radical (unpaired) electrons. The number of carbonyl (C=O) groups excluding carboxylic acids is 2. The Hall–Kier alpha value is -2.04. The monoisotopic (exact) mass is 291 g/mol. The van der Waals surface area contributed by atoms with E-state index in [0.717, 1.165) is 5.56 Å². The fourth-order valence-corrected chi connectivity index (χ4v) is 2.13. The van der Waals surface area contributed by atoms with Gasteiger partial charge in [0, 0.05) is 25.2 Å². The molecule has 0 aliphatic rings. The zero-order valence-corrected chi connectivity index (χ0v) is 13.1. The van der Waals surface area contributed by atoms with Gasteiger partial charge in [0.2, 0.25) is 11.8 Å². The van der Waals surface area contributed by atoms with E-state index in [9.17, 15) is 9.59 Å². The maximum atomic E-state index is 12.0. The molecule has 1 atom stereocenters. The minimum atomic E-state index is -0.483. The number of nitrogens with two attached hydrogens (primary N) is 1. The highest BCUT2D eigenvalue weighted by molar-refractivity contribution is 5.87. The van der Waals surface area contributed by atoms with Gasteiger partial charge in [-0.25, -0.2) is 0 Å². The standard InChI is InChI=1S/C16H25N3O2/c1-4-19(5-2)16(21)12(3)18-15(20)11-8-13-6-9-14(17)10-7-13/h6-7,9-10,12H,4-5,8,11,17H2,1-3H3,(H,18,20). The first-order valence-corrected chi connectivity index (χ1v) is 7.40. The number of anilines is 1. The number of nitrogens with one attached hydrogen (secondary N) is 1. The number of rotatable bonds is 7. The highest BCUT2D eigenvalue weighted by atomic mass is 16.2. The van der Waals surface area contributed by atoms with Crippen LogP contribution in [0.4, 0.5) is 5.69 Å². The van der Waals surface area contributed by atoms with Gasteiger partial charge in [-0.1, -0.05) is 12.1 Å². The quantitative estimate of drug-likeness (QED) is 0.749. The topological polar surface area (TPSA) is 75.4 Å². The van der Waals surface area contributed by atoms with E-state index in [1.807, 2.05) is 38.1 Å². The maximum Gasteiger partial charge on any atom is 0.244 e. The molecule has 116 valence electrons. The van der Waals surface area contributed by atoms with Crippen molar-refractivity contribution < 1.29 is 9.59 Å². The molecule has 1 rings (SSSR count). The second kappa shape index (κ2) is 8.29. The van der Waals surface area contributed by atoms with Crippen LogP contribution < -0.4 is 11.1 Å². The lowest BCUT2D eigenvalue weighted by molar-refractivity contribution is -0.135. The minimum absolute atomic E-state index is 0.0409. The van der Waals surface area contributed by atoms with Crippen LogP contribution in [-0.2, 0) is 16.0 Å². The van der Waals surface area contributed by atoms with Gasteiger partial charge in [-0.2, -0.15) is 0 Å². The van der Waals surface area contributed by atoms with Crippen molar-refractivity contribution in [3.8, 4) is 0 Å². The van der Waals surface area contributed by atoms with Crippen LogP contribution in [0.5, 0.6) is 0 Å². The summed E-state index contributed by atoms with van der Waals surface area (Å²) in [5.74, 6) is -0.152. The zero-order valence-electron chi connectivity index (χ0n) is 13.1. The van der Waals surface area contributed by atoms with E-state index in [4.69, 9.17) is 5.73 Å². The minimum Gasteiger partial charge on any atom is -0.399 e. The molecule has 1 unspecified atom stereocenters. The largest absolute Gasteiger partial charge is 0.399 e. The highest BCUT2D eigenvalue weighted by Crippen LogP contribution is 2.07. The molecule has 1 aromatic carbocycles. The molecule has 0 aromatic heterocycles. The lowest BCUT2D eigenvalue weighted by Gasteiger charge is -2.23. The third-order valence-corrected chi connectivity index (χ3v) is 3.44. The molecule has 0 bridgehead atoms. The molecule has 1 aromatic rings. The Labute approximate surface area is 126 Å². The van der Waals surface area contributed by atoms with Crippen molar-refractivity contribution >= 4 is 17.5 Å². The summed E-state index contributed by atoms with van der Waals surface area (Å²) in [7, 11) is 0. The Kier molecular flexibility index (Phi) is 6.72. The van der Waals surface area contributed by atoms with Gasteiger partial charge in [-0.15, -0.1) is 0 Å². The van der Waals surface area contributed by atoms with Crippen molar-refractivity contribution in [2.45, 2.75) is 39.7 Å². The molecule has 3 N–H and O–H groups in total. The molecular formula is C16H25N3O2. The van der Waals surface area contributed by atoms with Crippen LogP contribution in [0.15, 0.2) is 24.3 Å². The second-order valence-corrected chi connectivity index (χ2v) is 5.04.